The van der Waals surface area contributed by atoms with E-state index < -0.39 is 5.97 Å². The van der Waals surface area contributed by atoms with E-state index in [0.29, 0.717) is 0 Å². The minimum atomic E-state index is -0.792. The van der Waals surface area contributed by atoms with Crippen LogP contribution in [0.25, 0.3) is 0 Å². The van der Waals surface area contributed by atoms with Gasteiger partial charge in [-0.2, -0.15) is 0 Å². The standard InChI is InChI=1S/C18H19NO2/c1-13-6-9-15(10-7-13)19(12-18(20)21)17-11-8-14-4-2-3-5-16(14)17/h2-7,9-10,17H,8,11-12H2,1H3,(H,20,21). The van der Waals surface area contributed by atoms with Gasteiger partial charge in [-0.3, -0.25) is 4.79 Å². The fraction of sp³-hybridized carbons (Fsp3) is 0.278. The second-order valence-electron chi connectivity index (χ2n) is 5.61. The molecule has 0 fully saturated rings. The van der Waals surface area contributed by atoms with Crippen LogP contribution in [0.3, 0.4) is 0 Å². The Hall–Kier alpha value is -2.29. The molecule has 1 N–H and O–H groups in total. The molecule has 1 aliphatic carbocycles. The maximum absolute atomic E-state index is 11.3. The highest BCUT2D eigenvalue weighted by Crippen LogP contribution is 2.38. The van der Waals surface area contributed by atoms with Crippen molar-refractivity contribution in [2.45, 2.75) is 25.8 Å². The quantitative estimate of drug-likeness (QED) is 0.931. The average Bonchev–Trinajstić information content (AvgIpc) is 2.89. The van der Waals surface area contributed by atoms with Crippen LogP contribution in [0.5, 0.6) is 0 Å². The Morgan fingerprint density at radius 2 is 1.90 bits per heavy atom. The van der Waals surface area contributed by atoms with Gasteiger partial charge in [-0.1, -0.05) is 42.0 Å². The summed E-state index contributed by atoms with van der Waals surface area (Å²) in [7, 11) is 0. The van der Waals surface area contributed by atoms with Crippen LogP contribution in [0, 0.1) is 6.92 Å². The van der Waals surface area contributed by atoms with Crippen LogP contribution in [0.4, 0.5) is 5.69 Å². The predicted octanol–water partition coefficient (Wildman–Crippen LogP) is 3.57. The Morgan fingerprint density at radius 1 is 1.19 bits per heavy atom. The van der Waals surface area contributed by atoms with Gasteiger partial charge in [-0.05, 0) is 43.0 Å². The second kappa shape index (κ2) is 5.60. The molecular weight excluding hydrogens is 262 g/mol. The lowest BCUT2D eigenvalue weighted by atomic mass is 10.1. The molecule has 2 aromatic rings. The number of aryl methyl sites for hydroxylation is 2. The molecule has 21 heavy (non-hydrogen) atoms. The zero-order valence-electron chi connectivity index (χ0n) is 12.1. The number of benzene rings is 2. The van der Waals surface area contributed by atoms with Crippen LogP contribution in [-0.4, -0.2) is 17.6 Å². The number of nitrogens with zero attached hydrogens (tertiary/aromatic N) is 1. The van der Waals surface area contributed by atoms with Crippen LogP contribution in [0.15, 0.2) is 48.5 Å². The summed E-state index contributed by atoms with van der Waals surface area (Å²) in [5.41, 5.74) is 4.76. The first kappa shape index (κ1) is 13.7. The van der Waals surface area contributed by atoms with Gasteiger partial charge in [0, 0.05) is 5.69 Å². The van der Waals surface area contributed by atoms with E-state index in [0.717, 1.165) is 18.5 Å². The molecule has 108 valence electrons. The number of hydrogen-bond donors (Lipinski definition) is 1. The summed E-state index contributed by atoms with van der Waals surface area (Å²) in [6, 6.07) is 16.6. The highest BCUT2D eigenvalue weighted by Gasteiger charge is 2.29. The molecule has 1 aliphatic rings. The summed E-state index contributed by atoms with van der Waals surface area (Å²) in [6.07, 6.45) is 1.99. The Balaban J connectivity index is 1.97. The minimum Gasteiger partial charge on any atom is -0.480 e. The number of anilines is 1. The largest absolute Gasteiger partial charge is 0.480 e. The van der Waals surface area contributed by atoms with Crippen molar-refractivity contribution >= 4 is 11.7 Å². The van der Waals surface area contributed by atoms with Gasteiger partial charge >= 0.3 is 5.97 Å². The van der Waals surface area contributed by atoms with Crippen molar-refractivity contribution in [1.82, 2.24) is 0 Å². The van der Waals surface area contributed by atoms with Crippen molar-refractivity contribution in [2.24, 2.45) is 0 Å². The highest BCUT2D eigenvalue weighted by molar-refractivity contribution is 5.74. The van der Waals surface area contributed by atoms with E-state index >= 15 is 0 Å². The fourth-order valence-electron chi connectivity index (χ4n) is 3.12. The van der Waals surface area contributed by atoms with Gasteiger partial charge in [0.15, 0.2) is 0 Å². The molecule has 0 saturated heterocycles. The first-order valence-corrected chi connectivity index (χ1v) is 7.28. The van der Waals surface area contributed by atoms with E-state index in [1.54, 1.807) is 0 Å². The Morgan fingerprint density at radius 3 is 2.62 bits per heavy atom. The predicted molar refractivity (Wildman–Crippen MR) is 83.7 cm³/mol. The highest BCUT2D eigenvalue weighted by atomic mass is 16.4. The molecule has 3 rings (SSSR count). The zero-order chi connectivity index (χ0) is 14.8. The van der Waals surface area contributed by atoms with Crippen LogP contribution in [0.2, 0.25) is 0 Å². The SMILES string of the molecule is Cc1ccc(N(CC(=O)O)C2CCc3ccccc32)cc1. The van der Waals surface area contributed by atoms with E-state index in [4.69, 9.17) is 0 Å². The first-order chi connectivity index (χ1) is 10.1. The number of hydrogen-bond acceptors (Lipinski definition) is 2. The zero-order valence-corrected chi connectivity index (χ0v) is 12.1. The smallest absolute Gasteiger partial charge is 0.323 e. The summed E-state index contributed by atoms with van der Waals surface area (Å²) in [5.74, 6) is -0.792. The summed E-state index contributed by atoms with van der Waals surface area (Å²) < 4.78 is 0. The van der Waals surface area contributed by atoms with E-state index in [1.165, 1.54) is 16.7 Å². The van der Waals surface area contributed by atoms with Gasteiger partial charge < -0.3 is 10.0 Å². The normalized spacial score (nSPS) is 16.5. The lowest BCUT2D eigenvalue weighted by Gasteiger charge is -2.30. The molecule has 1 atom stereocenters. The van der Waals surface area contributed by atoms with Crippen LogP contribution < -0.4 is 4.90 Å². The van der Waals surface area contributed by atoms with Crippen molar-refractivity contribution in [3.05, 3.63) is 65.2 Å². The number of aliphatic carboxylic acids is 1. The summed E-state index contributed by atoms with van der Waals surface area (Å²) in [4.78, 5) is 13.3. The van der Waals surface area contributed by atoms with Gasteiger partial charge in [0.1, 0.15) is 6.54 Å². The van der Waals surface area contributed by atoms with Crippen LogP contribution in [0.1, 0.15) is 29.2 Å². The van der Waals surface area contributed by atoms with Gasteiger partial charge in [-0.25, -0.2) is 0 Å². The molecule has 0 radical (unpaired) electrons. The van der Waals surface area contributed by atoms with Crippen molar-refractivity contribution in [1.29, 1.82) is 0 Å². The van der Waals surface area contributed by atoms with Gasteiger partial charge in [-0.15, -0.1) is 0 Å². The number of carboxylic acids is 1. The average molecular weight is 281 g/mol. The summed E-state index contributed by atoms with van der Waals surface area (Å²) in [6.45, 7) is 2.07. The molecule has 0 saturated carbocycles. The number of rotatable bonds is 4. The fourth-order valence-corrected chi connectivity index (χ4v) is 3.12. The number of carboxylic acid groups (broad SMARTS) is 1. The molecule has 0 bridgehead atoms. The van der Waals surface area contributed by atoms with Crippen LogP contribution >= 0.6 is 0 Å². The van der Waals surface area contributed by atoms with Crippen molar-refractivity contribution in [3.63, 3.8) is 0 Å². The van der Waals surface area contributed by atoms with E-state index in [-0.39, 0.29) is 12.6 Å². The molecule has 2 aromatic carbocycles. The summed E-state index contributed by atoms with van der Waals surface area (Å²) in [5, 5.41) is 9.27. The van der Waals surface area contributed by atoms with Gasteiger partial charge in [0.25, 0.3) is 0 Å². The molecule has 0 spiro atoms. The molecular formula is C18H19NO2. The first-order valence-electron chi connectivity index (χ1n) is 7.28. The molecule has 1 unspecified atom stereocenters. The van der Waals surface area contributed by atoms with E-state index in [1.807, 2.05) is 42.2 Å². The Labute approximate surface area is 124 Å². The molecule has 3 heteroatoms. The maximum Gasteiger partial charge on any atom is 0.323 e. The van der Waals surface area contributed by atoms with E-state index in [9.17, 15) is 9.90 Å². The Bertz CT molecular complexity index is 649. The monoisotopic (exact) mass is 281 g/mol. The lowest BCUT2D eigenvalue weighted by molar-refractivity contribution is -0.135. The third-order valence-corrected chi connectivity index (χ3v) is 4.15. The number of carbonyl (C=O) groups is 1. The maximum atomic E-state index is 11.3. The Kier molecular flexibility index (Phi) is 3.65. The van der Waals surface area contributed by atoms with Crippen molar-refractivity contribution < 1.29 is 9.90 Å². The summed E-state index contributed by atoms with van der Waals surface area (Å²) >= 11 is 0. The minimum absolute atomic E-state index is 0.0298. The molecule has 0 amide bonds. The van der Waals surface area contributed by atoms with Gasteiger partial charge in [0.05, 0.1) is 6.04 Å². The second-order valence-corrected chi connectivity index (χ2v) is 5.61. The molecule has 0 heterocycles. The van der Waals surface area contributed by atoms with Gasteiger partial charge in [0.2, 0.25) is 0 Å². The molecule has 0 aliphatic heterocycles. The third kappa shape index (κ3) is 2.77. The van der Waals surface area contributed by atoms with Crippen LogP contribution in [-0.2, 0) is 11.2 Å². The third-order valence-electron chi connectivity index (χ3n) is 4.15. The number of fused-ring (bicyclic) bond motifs is 1. The van der Waals surface area contributed by atoms with E-state index in [2.05, 4.69) is 18.2 Å². The molecule has 0 aromatic heterocycles. The lowest BCUT2D eigenvalue weighted by Crippen LogP contribution is -2.32. The van der Waals surface area contributed by atoms with Crippen molar-refractivity contribution in [2.75, 3.05) is 11.4 Å². The van der Waals surface area contributed by atoms with Crippen molar-refractivity contribution in [3.8, 4) is 0 Å². The topological polar surface area (TPSA) is 40.5 Å². The molecule has 3 nitrogen and oxygen atoms in total.